The Morgan fingerprint density at radius 3 is 2.53 bits per heavy atom. The maximum absolute atomic E-state index is 11.8. The Balaban J connectivity index is 2.21. The van der Waals surface area contributed by atoms with E-state index in [4.69, 9.17) is 9.47 Å². The number of ether oxygens (including phenoxy) is 2. The average Bonchev–Trinajstić information content (AvgIpc) is 2.44. The van der Waals surface area contributed by atoms with Crippen LogP contribution in [0, 0.1) is 0 Å². The lowest BCUT2D eigenvalue weighted by Crippen LogP contribution is -2.66. The molecule has 1 amide bonds. The van der Waals surface area contributed by atoms with E-state index >= 15 is 0 Å². The van der Waals surface area contributed by atoms with Crippen molar-refractivity contribution in [3.8, 4) is 5.75 Å². The molecule has 2 rings (SSSR count). The zero-order valence-electron chi connectivity index (χ0n) is 10.7. The molecular formula is C13H15NO4S. The molecule has 1 aliphatic heterocycles. The molecule has 2 atom stereocenters. The Kier molecular flexibility index (Phi) is 3.99. The van der Waals surface area contributed by atoms with Gasteiger partial charge >= 0.3 is 5.97 Å². The lowest BCUT2D eigenvalue weighted by molar-refractivity contribution is -0.149. The molecule has 0 aromatic heterocycles. The minimum absolute atomic E-state index is 0.202. The van der Waals surface area contributed by atoms with E-state index in [-0.39, 0.29) is 12.5 Å². The summed E-state index contributed by atoms with van der Waals surface area (Å²) in [6.45, 7) is 2.00. The van der Waals surface area contributed by atoms with Gasteiger partial charge < -0.3 is 9.47 Å². The number of β-lactam (4-membered cyclic amide) rings is 1. The van der Waals surface area contributed by atoms with Crippen molar-refractivity contribution >= 4 is 30.2 Å². The summed E-state index contributed by atoms with van der Waals surface area (Å²) in [6.07, 6.45) is 0. The standard InChI is InChI=1S/C13H15NO4S/c1-3-18-13(16)10-11(19)12(15)14(10)8-4-6-9(17-2)7-5-8/h4-7,10-11,19H,3H2,1-2H3/t10-,11+/m0/s1. The second kappa shape index (κ2) is 5.52. The van der Waals surface area contributed by atoms with E-state index in [1.807, 2.05) is 0 Å². The fraction of sp³-hybridized carbons (Fsp3) is 0.385. The largest absolute Gasteiger partial charge is 0.497 e. The minimum atomic E-state index is -0.663. The third kappa shape index (κ3) is 2.40. The highest BCUT2D eigenvalue weighted by Gasteiger charge is 2.51. The smallest absolute Gasteiger partial charge is 0.330 e. The molecular weight excluding hydrogens is 266 g/mol. The van der Waals surface area contributed by atoms with Crippen molar-refractivity contribution < 1.29 is 19.1 Å². The van der Waals surface area contributed by atoms with Crippen molar-refractivity contribution in [2.45, 2.75) is 18.2 Å². The third-order valence-corrected chi connectivity index (χ3v) is 3.45. The maximum atomic E-state index is 11.8. The SMILES string of the molecule is CCOC(=O)[C@@H]1[C@@H](S)C(=O)N1c1ccc(OC)cc1. The molecule has 0 saturated carbocycles. The van der Waals surface area contributed by atoms with E-state index in [0.29, 0.717) is 11.4 Å². The number of hydrogen-bond donors (Lipinski definition) is 1. The number of esters is 1. The number of thiol groups is 1. The topological polar surface area (TPSA) is 55.8 Å². The summed E-state index contributed by atoms with van der Waals surface area (Å²) >= 11 is 4.14. The van der Waals surface area contributed by atoms with Crippen molar-refractivity contribution in [3.63, 3.8) is 0 Å². The lowest BCUT2D eigenvalue weighted by Gasteiger charge is -2.42. The van der Waals surface area contributed by atoms with E-state index < -0.39 is 17.3 Å². The Bertz CT molecular complexity index is 488. The number of hydrogen-bond acceptors (Lipinski definition) is 5. The molecule has 0 N–H and O–H groups in total. The van der Waals surface area contributed by atoms with Crippen LogP contribution >= 0.6 is 12.6 Å². The molecule has 1 saturated heterocycles. The van der Waals surface area contributed by atoms with Crippen LogP contribution in [0.3, 0.4) is 0 Å². The first kappa shape index (κ1) is 13.7. The van der Waals surface area contributed by atoms with Crippen LogP contribution in [0.1, 0.15) is 6.92 Å². The number of carbonyl (C=O) groups is 2. The summed E-state index contributed by atoms with van der Waals surface area (Å²) in [5.41, 5.74) is 0.633. The van der Waals surface area contributed by atoms with Gasteiger partial charge in [0.25, 0.3) is 0 Å². The van der Waals surface area contributed by atoms with Gasteiger partial charge in [-0.05, 0) is 31.2 Å². The van der Waals surface area contributed by atoms with Crippen molar-refractivity contribution in [3.05, 3.63) is 24.3 Å². The monoisotopic (exact) mass is 281 g/mol. The Hall–Kier alpha value is -1.69. The molecule has 0 aliphatic carbocycles. The molecule has 19 heavy (non-hydrogen) atoms. The summed E-state index contributed by atoms with van der Waals surface area (Å²) in [5.74, 6) is 0.0521. The highest BCUT2D eigenvalue weighted by Crippen LogP contribution is 2.33. The highest BCUT2D eigenvalue weighted by molar-refractivity contribution is 7.82. The van der Waals surface area contributed by atoms with Gasteiger partial charge in [0, 0.05) is 5.69 Å². The number of rotatable bonds is 4. The van der Waals surface area contributed by atoms with E-state index in [9.17, 15) is 9.59 Å². The van der Waals surface area contributed by atoms with Gasteiger partial charge in [-0.2, -0.15) is 12.6 Å². The van der Waals surface area contributed by atoms with Crippen LogP contribution in [0.25, 0.3) is 0 Å². The van der Waals surface area contributed by atoms with Crippen molar-refractivity contribution in [2.75, 3.05) is 18.6 Å². The summed E-state index contributed by atoms with van der Waals surface area (Å²) in [4.78, 5) is 25.0. The highest BCUT2D eigenvalue weighted by atomic mass is 32.1. The quantitative estimate of drug-likeness (QED) is 0.513. The second-order valence-corrected chi connectivity index (χ2v) is 4.60. The lowest BCUT2D eigenvalue weighted by atomic mass is 10.00. The zero-order valence-corrected chi connectivity index (χ0v) is 11.6. The number of amides is 1. The normalized spacial score (nSPS) is 21.8. The molecule has 1 fully saturated rings. The molecule has 6 heteroatoms. The molecule has 5 nitrogen and oxygen atoms in total. The van der Waals surface area contributed by atoms with Crippen LogP contribution in [-0.2, 0) is 14.3 Å². The summed E-state index contributed by atoms with van der Waals surface area (Å²) in [5, 5.41) is -0.638. The minimum Gasteiger partial charge on any atom is -0.497 e. The molecule has 1 aromatic rings. The molecule has 0 bridgehead atoms. The molecule has 0 unspecified atom stereocenters. The van der Waals surface area contributed by atoms with Crippen LogP contribution in [0.2, 0.25) is 0 Å². The zero-order chi connectivity index (χ0) is 14.0. The van der Waals surface area contributed by atoms with Gasteiger partial charge in [0.05, 0.1) is 13.7 Å². The first-order valence-electron chi connectivity index (χ1n) is 5.92. The Morgan fingerprint density at radius 2 is 2.00 bits per heavy atom. The van der Waals surface area contributed by atoms with Gasteiger partial charge in [-0.3, -0.25) is 9.69 Å². The summed E-state index contributed by atoms with van der Waals surface area (Å²) in [6, 6.07) is 6.25. The third-order valence-electron chi connectivity index (χ3n) is 2.95. The van der Waals surface area contributed by atoms with Gasteiger partial charge in [-0.15, -0.1) is 0 Å². The van der Waals surface area contributed by atoms with Gasteiger partial charge in [-0.25, -0.2) is 4.79 Å². The van der Waals surface area contributed by atoms with Gasteiger partial charge in [-0.1, -0.05) is 0 Å². The van der Waals surface area contributed by atoms with Crippen molar-refractivity contribution in [1.29, 1.82) is 0 Å². The average molecular weight is 281 g/mol. The van der Waals surface area contributed by atoms with Crippen LogP contribution < -0.4 is 9.64 Å². The van der Waals surface area contributed by atoms with E-state index in [1.165, 1.54) is 4.90 Å². The number of anilines is 1. The van der Waals surface area contributed by atoms with Crippen molar-refractivity contribution in [2.24, 2.45) is 0 Å². The molecule has 1 heterocycles. The van der Waals surface area contributed by atoms with Crippen molar-refractivity contribution in [1.82, 2.24) is 0 Å². The fourth-order valence-corrected chi connectivity index (χ4v) is 2.35. The number of methoxy groups -OCH3 is 1. The second-order valence-electron chi connectivity index (χ2n) is 4.05. The van der Waals surface area contributed by atoms with E-state index in [1.54, 1.807) is 38.3 Å². The van der Waals surface area contributed by atoms with Crippen LogP contribution in [0.5, 0.6) is 5.75 Å². The Labute approximate surface area is 116 Å². The number of benzene rings is 1. The predicted octanol–water partition coefficient (Wildman–Crippen LogP) is 1.27. The molecule has 1 aliphatic rings. The fourth-order valence-electron chi connectivity index (χ4n) is 1.97. The van der Waals surface area contributed by atoms with E-state index in [2.05, 4.69) is 12.6 Å². The number of nitrogens with zero attached hydrogens (tertiary/aromatic N) is 1. The summed E-state index contributed by atoms with van der Waals surface area (Å²) < 4.78 is 10.0. The van der Waals surface area contributed by atoms with Gasteiger partial charge in [0.15, 0.2) is 6.04 Å². The number of carbonyl (C=O) groups excluding carboxylic acids is 2. The predicted molar refractivity (Wildman–Crippen MR) is 73.7 cm³/mol. The van der Waals surface area contributed by atoms with Gasteiger partial charge in [0.1, 0.15) is 11.0 Å². The van der Waals surface area contributed by atoms with Crippen LogP contribution in [0.15, 0.2) is 24.3 Å². The van der Waals surface area contributed by atoms with Gasteiger partial charge in [0.2, 0.25) is 5.91 Å². The van der Waals surface area contributed by atoms with E-state index in [0.717, 1.165) is 0 Å². The Morgan fingerprint density at radius 1 is 1.37 bits per heavy atom. The molecule has 0 spiro atoms. The first-order valence-corrected chi connectivity index (χ1v) is 6.43. The maximum Gasteiger partial charge on any atom is 0.330 e. The molecule has 1 aromatic carbocycles. The first-order chi connectivity index (χ1) is 9.10. The van der Waals surface area contributed by atoms with Crippen LogP contribution in [0.4, 0.5) is 5.69 Å². The van der Waals surface area contributed by atoms with Crippen LogP contribution in [-0.4, -0.2) is 36.9 Å². The molecule has 0 radical (unpaired) electrons. The summed E-state index contributed by atoms with van der Waals surface area (Å²) in [7, 11) is 1.56. The molecule has 102 valence electrons.